The molecule has 1 heterocycles. The standard InChI is InChI=1S/C15H20N2O4/c1-15(2,3)11-6-7-16(9-11)12-5-4-10(14(18)19)8-13(12)17(20)21/h4-5,8,11H,6-7,9H2,1-3H3,(H,18,19). The van der Waals surface area contributed by atoms with Gasteiger partial charge in [0.25, 0.3) is 5.69 Å². The van der Waals surface area contributed by atoms with Gasteiger partial charge in [0.2, 0.25) is 0 Å². The number of nitro benzene ring substituents is 1. The molecule has 0 aromatic heterocycles. The molecule has 1 atom stereocenters. The third kappa shape index (κ3) is 3.15. The number of benzene rings is 1. The van der Waals surface area contributed by atoms with Crippen LogP contribution in [-0.2, 0) is 0 Å². The summed E-state index contributed by atoms with van der Waals surface area (Å²) in [5.74, 6) is -0.685. The lowest BCUT2D eigenvalue weighted by molar-refractivity contribution is -0.384. The molecule has 1 aromatic carbocycles. The highest BCUT2D eigenvalue weighted by molar-refractivity contribution is 5.89. The van der Waals surface area contributed by atoms with E-state index in [4.69, 9.17) is 5.11 Å². The number of nitrogens with zero attached hydrogens (tertiary/aromatic N) is 2. The Balaban J connectivity index is 2.32. The number of rotatable bonds is 3. The first-order chi connectivity index (χ1) is 9.70. The van der Waals surface area contributed by atoms with Gasteiger partial charge >= 0.3 is 5.97 Å². The Hall–Kier alpha value is -2.11. The summed E-state index contributed by atoms with van der Waals surface area (Å²) in [6.07, 6.45) is 0.987. The van der Waals surface area contributed by atoms with E-state index in [2.05, 4.69) is 20.8 Å². The second-order valence-corrected chi connectivity index (χ2v) is 6.56. The number of carbonyl (C=O) groups is 1. The van der Waals surface area contributed by atoms with Crippen LogP contribution in [0, 0.1) is 21.4 Å². The second kappa shape index (κ2) is 5.35. The molecule has 0 radical (unpaired) electrons. The van der Waals surface area contributed by atoms with Gasteiger partial charge in [0.15, 0.2) is 0 Å². The van der Waals surface area contributed by atoms with Crippen molar-refractivity contribution in [2.45, 2.75) is 27.2 Å². The highest BCUT2D eigenvalue weighted by atomic mass is 16.6. The molecule has 6 nitrogen and oxygen atoms in total. The fourth-order valence-electron chi connectivity index (χ4n) is 2.76. The first-order valence-corrected chi connectivity index (χ1v) is 6.97. The lowest BCUT2D eigenvalue weighted by Crippen LogP contribution is -2.26. The number of hydrogen-bond donors (Lipinski definition) is 1. The van der Waals surface area contributed by atoms with Gasteiger partial charge in [-0.15, -0.1) is 0 Å². The van der Waals surface area contributed by atoms with E-state index < -0.39 is 10.9 Å². The summed E-state index contributed by atoms with van der Waals surface area (Å²) in [5, 5.41) is 20.2. The van der Waals surface area contributed by atoms with Gasteiger partial charge in [-0.05, 0) is 29.9 Å². The molecule has 0 spiro atoms. The van der Waals surface area contributed by atoms with E-state index in [1.165, 1.54) is 6.07 Å². The van der Waals surface area contributed by atoms with Crippen molar-refractivity contribution in [2.75, 3.05) is 18.0 Å². The fraction of sp³-hybridized carbons (Fsp3) is 0.533. The predicted octanol–water partition coefficient (Wildman–Crippen LogP) is 3.17. The van der Waals surface area contributed by atoms with Crippen molar-refractivity contribution in [3.8, 4) is 0 Å². The summed E-state index contributed by atoms with van der Waals surface area (Å²) in [7, 11) is 0. The van der Waals surface area contributed by atoms with Gasteiger partial charge in [-0.1, -0.05) is 20.8 Å². The summed E-state index contributed by atoms with van der Waals surface area (Å²) >= 11 is 0. The average Bonchev–Trinajstić information content (AvgIpc) is 2.87. The van der Waals surface area contributed by atoms with Crippen molar-refractivity contribution in [1.82, 2.24) is 0 Å². The predicted molar refractivity (Wildman–Crippen MR) is 79.8 cm³/mol. The van der Waals surface area contributed by atoms with Crippen LogP contribution in [0.5, 0.6) is 0 Å². The first-order valence-electron chi connectivity index (χ1n) is 6.97. The van der Waals surface area contributed by atoms with Crippen molar-refractivity contribution in [1.29, 1.82) is 0 Å². The summed E-state index contributed by atoms with van der Waals surface area (Å²) < 4.78 is 0. The van der Waals surface area contributed by atoms with Crippen molar-refractivity contribution in [3.05, 3.63) is 33.9 Å². The molecule has 6 heteroatoms. The maximum Gasteiger partial charge on any atom is 0.335 e. The summed E-state index contributed by atoms with van der Waals surface area (Å²) in [6.45, 7) is 8.03. The quantitative estimate of drug-likeness (QED) is 0.683. The zero-order valence-corrected chi connectivity index (χ0v) is 12.5. The molecule has 0 aliphatic carbocycles. The minimum Gasteiger partial charge on any atom is -0.478 e. The Morgan fingerprint density at radius 3 is 2.57 bits per heavy atom. The van der Waals surface area contributed by atoms with E-state index in [1.54, 1.807) is 6.07 Å². The number of carboxylic acids is 1. The van der Waals surface area contributed by atoms with Crippen molar-refractivity contribution < 1.29 is 14.8 Å². The van der Waals surface area contributed by atoms with Gasteiger partial charge in [0.1, 0.15) is 5.69 Å². The lowest BCUT2D eigenvalue weighted by Gasteiger charge is -2.27. The van der Waals surface area contributed by atoms with Crippen molar-refractivity contribution >= 4 is 17.3 Å². The van der Waals surface area contributed by atoms with E-state index in [0.29, 0.717) is 11.6 Å². The van der Waals surface area contributed by atoms with E-state index in [-0.39, 0.29) is 16.7 Å². The van der Waals surface area contributed by atoms with Crippen LogP contribution < -0.4 is 4.90 Å². The Bertz CT molecular complexity index is 578. The number of nitro groups is 1. The molecule has 1 N–H and O–H groups in total. The highest BCUT2D eigenvalue weighted by Crippen LogP contribution is 2.38. The molecule has 21 heavy (non-hydrogen) atoms. The third-order valence-electron chi connectivity index (χ3n) is 4.17. The molecule has 0 saturated carbocycles. The maximum atomic E-state index is 11.2. The smallest absolute Gasteiger partial charge is 0.335 e. The zero-order chi connectivity index (χ0) is 15.8. The number of hydrogen-bond acceptors (Lipinski definition) is 4. The molecule has 0 amide bonds. The largest absolute Gasteiger partial charge is 0.478 e. The Morgan fingerprint density at radius 1 is 1.43 bits per heavy atom. The minimum atomic E-state index is -1.15. The van der Waals surface area contributed by atoms with Crippen LogP contribution in [0.2, 0.25) is 0 Å². The molecule has 1 unspecified atom stereocenters. The fourth-order valence-corrected chi connectivity index (χ4v) is 2.76. The lowest BCUT2D eigenvalue weighted by atomic mass is 9.80. The monoisotopic (exact) mass is 292 g/mol. The normalized spacial score (nSPS) is 18.8. The van der Waals surface area contributed by atoms with Crippen LogP contribution in [0.3, 0.4) is 0 Å². The summed E-state index contributed by atoms with van der Waals surface area (Å²) in [4.78, 5) is 23.7. The van der Waals surface area contributed by atoms with Crippen molar-refractivity contribution in [2.24, 2.45) is 11.3 Å². The SMILES string of the molecule is CC(C)(C)C1CCN(c2ccc(C(=O)O)cc2[N+](=O)[O-])C1. The zero-order valence-electron chi connectivity index (χ0n) is 12.5. The van der Waals surface area contributed by atoms with Gasteiger partial charge < -0.3 is 10.0 Å². The topological polar surface area (TPSA) is 83.7 Å². The van der Waals surface area contributed by atoms with Crippen molar-refractivity contribution in [3.63, 3.8) is 0 Å². The molecular formula is C15H20N2O4. The van der Waals surface area contributed by atoms with Gasteiger partial charge in [0, 0.05) is 19.2 Å². The van der Waals surface area contributed by atoms with Gasteiger partial charge in [-0.3, -0.25) is 10.1 Å². The van der Waals surface area contributed by atoms with Gasteiger partial charge in [0.05, 0.1) is 10.5 Å². The molecule has 2 rings (SSSR count). The van der Waals surface area contributed by atoms with Crippen LogP contribution in [-0.4, -0.2) is 29.1 Å². The number of anilines is 1. The molecule has 0 bridgehead atoms. The molecule has 1 aliphatic heterocycles. The minimum absolute atomic E-state index is 0.0583. The van der Waals surface area contributed by atoms with Gasteiger partial charge in [-0.25, -0.2) is 4.79 Å². The molecule has 1 fully saturated rings. The van der Waals surface area contributed by atoms with Crippen LogP contribution in [0.4, 0.5) is 11.4 Å². The van der Waals surface area contributed by atoms with Gasteiger partial charge in [-0.2, -0.15) is 0 Å². The summed E-state index contributed by atoms with van der Waals surface area (Å²) in [5.41, 5.74) is 0.475. The summed E-state index contributed by atoms with van der Waals surface area (Å²) in [6, 6.07) is 4.11. The molecule has 1 saturated heterocycles. The molecule has 1 aromatic rings. The third-order valence-corrected chi connectivity index (χ3v) is 4.17. The molecule has 114 valence electrons. The molecular weight excluding hydrogens is 272 g/mol. The van der Waals surface area contributed by atoms with Crippen LogP contribution in [0.1, 0.15) is 37.6 Å². The average molecular weight is 292 g/mol. The van der Waals surface area contributed by atoms with Crippen LogP contribution in [0.15, 0.2) is 18.2 Å². The van der Waals surface area contributed by atoms with Crippen LogP contribution >= 0.6 is 0 Å². The molecule has 1 aliphatic rings. The number of aromatic carboxylic acids is 1. The first kappa shape index (κ1) is 15.3. The Kier molecular flexibility index (Phi) is 3.89. The van der Waals surface area contributed by atoms with E-state index in [1.807, 2.05) is 4.90 Å². The second-order valence-electron chi connectivity index (χ2n) is 6.56. The van der Waals surface area contributed by atoms with Crippen LogP contribution in [0.25, 0.3) is 0 Å². The maximum absolute atomic E-state index is 11.2. The number of carboxylic acid groups (broad SMARTS) is 1. The Labute approximate surface area is 123 Å². The Morgan fingerprint density at radius 2 is 2.10 bits per heavy atom. The van der Waals surface area contributed by atoms with E-state index in [0.717, 1.165) is 25.6 Å². The van der Waals surface area contributed by atoms with E-state index in [9.17, 15) is 14.9 Å². The van der Waals surface area contributed by atoms with E-state index >= 15 is 0 Å². The highest BCUT2D eigenvalue weighted by Gasteiger charge is 2.34.